The second kappa shape index (κ2) is 8.03. The molecule has 122 valence electrons. The molecule has 1 unspecified atom stereocenters. The number of carboxylic acid groups (broad SMARTS) is 1. The highest BCUT2D eigenvalue weighted by Gasteiger charge is 2.20. The molecule has 0 aliphatic rings. The van der Waals surface area contributed by atoms with E-state index in [9.17, 15) is 14.7 Å². The largest absolute Gasteiger partial charge is 0.494 e. The average molecular weight is 317 g/mol. The highest BCUT2D eigenvalue weighted by molar-refractivity contribution is 5.91. The summed E-state index contributed by atoms with van der Waals surface area (Å²) < 4.78 is 10.3. The van der Waals surface area contributed by atoms with Gasteiger partial charge in [-0.15, -0.1) is 0 Å². The molecule has 1 aromatic carbocycles. The van der Waals surface area contributed by atoms with Gasteiger partial charge in [0.15, 0.2) is 5.76 Å². The topological polar surface area (TPSA) is 88.8 Å². The number of carbonyl (C=O) groups excluding carboxylic acids is 1. The highest BCUT2D eigenvalue weighted by atomic mass is 16.5. The molecule has 2 N–H and O–H groups in total. The van der Waals surface area contributed by atoms with E-state index in [1.165, 1.54) is 12.3 Å². The van der Waals surface area contributed by atoms with E-state index in [0.29, 0.717) is 13.0 Å². The molecule has 0 radical (unpaired) electrons. The Hall–Kier alpha value is -2.76. The Bertz CT molecular complexity index is 634. The molecule has 1 aromatic heterocycles. The van der Waals surface area contributed by atoms with Crippen molar-refractivity contribution in [2.75, 3.05) is 13.2 Å². The van der Waals surface area contributed by atoms with Crippen LogP contribution in [0.5, 0.6) is 5.75 Å². The number of furan rings is 1. The van der Waals surface area contributed by atoms with Crippen molar-refractivity contribution in [3.8, 4) is 5.75 Å². The lowest BCUT2D eigenvalue weighted by atomic mass is 9.99. The number of carboxylic acids is 1. The molecule has 0 saturated heterocycles. The maximum atomic E-state index is 11.8. The van der Waals surface area contributed by atoms with Crippen LogP contribution in [0.2, 0.25) is 0 Å². The van der Waals surface area contributed by atoms with E-state index >= 15 is 0 Å². The third-order valence-corrected chi connectivity index (χ3v) is 3.32. The van der Waals surface area contributed by atoms with Crippen LogP contribution < -0.4 is 10.1 Å². The van der Waals surface area contributed by atoms with Gasteiger partial charge < -0.3 is 19.6 Å². The van der Waals surface area contributed by atoms with Crippen LogP contribution in [0, 0.1) is 5.92 Å². The number of benzene rings is 1. The number of rotatable bonds is 8. The van der Waals surface area contributed by atoms with E-state index in [2.05, 4.69) is 5.32 Å². The van der Waals surface area contributed by atoms with Gasteiger partial charge in [-0.2, -0.15) is 0 Å². The normalized spacial score (nSPS) is 11.7. The van der Waals surface area contributed by atoms with Crippen molar-refractivity contribution >= 4 is 11.9 Å². The summed E-state index contributed by atoms with van der Waals surface area (Å²) in [4.78, 5) is 23.2. The second-order valence-corrected chi connectivity index (χ2v) is 5.00. The fourth-order valence-corrected chi connectivity index (χ4v) is 2.13. The van der Waals surface area contributed by atoms with Crippen molar-refractivity contribution < 1.29 is 23.8 Å². The first kappa shape index (κ1) is 16.6. The summed E-state index contributed by atoms with van der Waals surface area (Å²) in [6.07, 6.45) is 1.71. The molecule has 0 fully saturated rings. The van der Waals surface area contributed by atoms with Crippen molar-refractivity contribution in [3.05, 3.63) is 54.0 Å². The molecule has 6 heteroatoms. The summed E-state index contributed by atoms with van der Waals surface area (Å²) in [5, 5.41) is 11.9. The van der Waals surface area contributed by atoms with E-state index in [-0.39, 0.29) is 12.3 Å². The van der Waals surface area contributed by atoms with Gasteiger partial charge in [-0.05, 0) is 43.2 Å². The third kappa shape index (κ3) is 4.88. The van der Waals surface area contributed by atoms with Crippen LogP contribution in [0.25, 0.3) is 0 Å². The summed E-state index contributed by atoms with van der Waals surface area (Å²) in [7, 11) is 0. The maximum absolute atomic E-state index is 11.8. The van der Waals surface area contributed by atoms with Gasteiger partial charge in [-0.1, -0.05) is 12.1 Å². The van der Waals surface area contributed by atoms with Crippen LogP contribution >= 0.6 is 0 Å². The minimum atomic E-state index is -0.960. The van der Waals surface area contributed by atoms with Crippen molar-refractivity contribution in [2.45, 2.75) is 13.3 Å². The number of ether oxygens (including phenoxy) is 1. The number of amides is 1. The number of aliphatic carboxylic acids is 1. The highest BCUT2D eigenvalue weighted by Crippen LogP contribution is 2.15. The Morgan fingerprint density at radius 1 is 1.26 bits per heavy atom. The lowest BCUT2D eigenvalue weighted by Gasteiger charge is -2.13. The fraction of sp³-hybridized carbons (Fsp3) is 0.294. The molecule has 6 nitrogen and oxygen atoms in total. The summed E-state index contributed by atoms with van der Waals surface area (Å²) in [5.74, 6) is -1.19. The van der Waals surface area contributed by atoms with Crippen LogP contribution in [0.4, 0.5) is 0 Å². The van der Waals surface area contributed by atoms with E-state index in [1.807, 2.05) is 19.1 Å². The van der Waals surface area contributed by atoms with Crippen LogP contribution in [0.3, 0.4) is 0 Å². The lowest BCUT2D eigenvalue weighted by molar-refractivity contribution is -0.141. The lowest BCUT2D eigenvalue weighted by Crippen LogP contribution is -2.33. The molecule has 1 heterocycles. The summed E-state index contributed by atoms with van der Waals surface area (Å²) >= 11 is 0. The molecular formula is C17H19NO5. The third-order valence-electron chi connectivity index (χ3n) is 3.32. The molecule has 1 atom stereocenters. The van der Waals surface area contributed by atoms with Gasteiger partial charge in [0.2, 0.25) is 0 Å². The van der Waals surface area contributed by atoms with Gasteiger partial charge in [0.1, 0.15) is 5.75 Å². The molecule has 0 saturated carbocycles. The zero-order valence-corrected chi connectivity index (χ0v) is 12.8. The molecule has 1 amide bonds. The van der Waals surface area contributed by atoms with E-state index in [4.69, 9.17) is 9.15 Å². The number of hydrogen-bond acceptors (Lipinski definition) is 4. The van der Waals surface area contributed by atoms with Gasteiger partial charge in [0.25, 0.3) is 5.91 Å². The summed E-state index contributed by atoms with van der Waals surface area (Å²) in [5.41, 5.74) is 0.869. The smallest absolute Gasteiger partial charge is 0.308 e. The van der Waals surface area contributed by atoms with Crippen LogP contribution in [-0.4, -0.2) is 30.1 Å². The van der Waals surface area contributed by atoms with Crippen LogP contribution in [0.1, 0.15) is 23.0 Å². The Morgan fingerprint density at radius 2 is 2.00 bits per heavy atom. The Morgan fingerprint density at radius 3 is 2.57 bits per heavy atom. The first-order chi connectivity index (χ1) is 11.1. The second-order valence-electron chi connectivity index (χ2n) is 5.00. The van der Waals surface area contributed by atoms with Crippen LogP contribution in [0.15, 0.2) is 47.1 Å². The molecule has 23 heavy (non-hydrogen) atoms. The number of carbonyl (C=O) groups is 2. The summed E-state index contributed by atoms with van der Waals surface area (Å²) in [6, 6.07) is 10.4. The quantitative estimate of drug-likeness (QED) is 0.780. The SMILES string of the molecule is CCOc1ccc(CC(CNC(=O)c2ccco2)C(=O)O)cc1. The molecule has 2 aromatic rings. The molecule has 0 spiro atoms. The Balaban J connectivity index is 1.93. The minimum Gasteiger partial charge on any atom is -0.494 e. The zero-order chi connectivity index (χ0) is 16.7. The Labute approximate surface area is 134 Å². The van der Waals surface area contributed by atoms with Crippen molar-refractivity contribution in [1.29, 1.82) is 0 Å². The monoisotopic (exact) mass is 317 g/mol. The number of nitrogens with one attached hydrogen (secondary N) is 1. The average Bonchev–Trinajstić information content (AvgIpc) is 3.07. The van der Waals surface area contributed by atoms with Crippen LogP contribution in [-0.2, 0) is 11.2 Å². The van der Waals surface area contributed by atoms with Crippen molar-refractivity contribution in [3.63, 3.8) is 0 Å². The number of hydrogen-bond donors (Lipinski definition) is 2. The molecule has 2 rings (SSSR count). The van der Waals surface area contributed by atoms with E-state index < -0.39 is 17.8 Å². The molecule has 0 aliphatic carbocycles. The molecule has 0 bridgehead atoms. The zero-order valence-electron chi connectivity index (χ0n) is 12.8. The maximum Gasteiger partial charge on any atom is 0.308 e. The van der Waals surface area contributed by atoms with Crippen molar-refractivity contribution in [2.24, 2.45) is 5.92 Å². The van der Waals surface area contributed by atoms with Gasteiger partial charge in [-0.25, -0.2) is 0 Å². The van der Waals surface area contributed by atoms with Crippen molar-refractivity contribution in [1.82, 2.24) is 5.32 Å². The van der Waals surface area contributed by atoms with Gasteiger partial charge in [-0.3, -0.25) is 9.59 Å². The van der Waals surface area contributed by atoms with E-state index in [1.54, 1.807) is 18.2 Å². The standard InChI is InChI=1S/C17H19NO5/c1-2-22-14-7-5-12(6-8-14)10-13(17(20)21)11-18-16(19)15-4-3-9-23-15/h3-9,13H,2,10-11H2,1H3,(H,18,19)(H,20,21). The fourth-order valence-electron chi connectivity index (χ4n) is 2.13. The first-order valence-corrected chi connectivity index (χ1v) is 7.36. The molecular weight excluding hydrogens is 298 g/mol. The predicted molar refractivity (Wildman–Crippen MR) is 83.5 cm³/mol. The predicted octanol–water partition coefficient (Wildman–Crippen LogP) is 2.35. The first-order valence-electron chi connectivity index (χ1n) is 7.36. The molecule has 0 aliphatic heterocycles. The van der Waals surface area contributed by atoms with Gasteiger partial charge in [0, 0.05) is 6.54 Å². The van der Waals surface area contributed by atoms with Gasteiger partial charge >= 0.3 is 5.97 Å². The minimum absolute atomic E-state index is 0.0298. The van der Waals surface area contributed by atoms with E-state index in [0.717, 1.165) is 11.3 Å². The van der Waals surface area contributed by atoms with Gasteiger partial charge in [0.05, 0.1) is 18.8 Å². The summed E-state index contributed by atoms with van der Waals surface area (Å²) in [6.45, 7) is 2.51. The Kier molecular flexibility index (Phi) is 5.80.